The number of para-hydroxylation sites is 1. The van der Waals surface area contributed by atoms with Crippen LogP contribution >= 0.6 is 0 Å². The first-order valence-electron chi connectivity index (χ1n) is 7.48. The fraction of sp³-hybridized carbons (Fsp3) is 0.222. The summed E-state index contributed by atoms with van der Waals surface area (Å²) in [6.07, 6.45) is 2.02. The van der Waals surface area contributed by atoms with Crippen molar-refractivity contribution in [2.24, 2.45) is 0 Å². The molecule has 0 atom stereocenters. The largest absolute Gasteiger partial charge is 0.507 e. The van der Waals surface area contributed by atoms with E-state index in [-0.39, 0.29) is 11.3 Å². The quantitative estimate of drug-likeness (QED) is 0.634. The summed E-state index contributed by atoms with van der Waals surface area (Å²) >= 11 is 0. The van der Waals surface area contributed by atoms with Crippen molar-refractivity contribution >= 4 is 11.8 Å². The molecule has 2 N–H and O–H groups in total. The Labute approximate surface area is 134 Å². The summed E-state index contributed by atoms with van der Waals surface area (Å²) < 4.78 is 5.52. The molecule has 0 aliphatic heterocycles. The Hall–Kier alpha value is -2.82. The molecule has 0 saturated carbocycles. The third kappa shape index (κ3) is 4.57. The number of carbonyl (C=O) groups excluding carboxylic acids is 2. The minimum atomic E-state index is -0.642. The van der Waals surface area contributed by atoms with Gasteiger partial charge in [0.2, 0.25) is 0 Å². The number of benzene rings is 2. The fourth-order valence-corrected chi connectivity index (χ4v) is 1.95. The van der Waals surface area contributed by atoms with Gasteiger partial charge in [-0.05, 0) is 42.8 Å². The number of phenols is 1. The molecule has 5 nitrogen and oxygen atoms in total. The minimum absolute atomic E-state index is 0.0559. The van der Waals surface area contributed by atoms with Gasteiger partial charge in [-0.15, -0.1) is 0 Å². The molecule has 0 unspecified atom stereocenters. The number of phenolic OH excluding ortho intramolecular Hbond substituents is 1. The third-order valence-corrected chi connectivity index (χ3v) is 3.26. The van der Waals surface area contributed by atoms with Gasteiger partial charge >= 0.3 is 0 Å². The number of ether oxygens (including phenoxy) is 1. The van der Waals surface area contributed by atoms with Crippen LogP contribution < -0.4 is 10.1 Å². The summed E-state index contributed by atoms with van der Waals surface area (Å²) in [7, 11) is 0. The van der Waals surface area contributed by atoms with Crippen LogP contribution in [0.4, 0.5) is 0 Å². The average molecular weight is 313 g/mol. The molecule has 0 heterocycles. The maximum Gasteiger partial charge on any atom is 0.261 e. The number of carbonyl (C=O) groups is 2. The molecular formula is C18H19NO4. The van der Waals surface area contributed by atoms with Crippen LogP contribution in [-0.4, -0.2) is 23.5 Å². The summed E-state index contributed by atoms with van der Waals surface area (Å²) in [5.41, 5.74) is 0.400. The maximum atomic E-state index is 12.1. The highest BCUT2D eigenvalue weighted by molar-refractivity contribution is 6.11. The van der Waals surface area contributed by atoms with E-state index in [1.54, 1.807) is 36.4 Å². The minimum Gasteiger partial charge on any atom is -0.507 e. The third-order valence-electron chi connectivity index (χ3n) is 3.26. The SMILES string of the molecule is CCCCOc1ccc(C(=O)NC(=O)c2ccccc2O)cc1. The van der Waals surface area contributed by atoms with Gasteiger partial charge in [-0.25, -0.2) is 0 Å². The van der Waals surface area contributed by atoms with Crippen molar-refractivity contribution in [3.8, 4) is 11.5 Å². The van der Waals surface area contributed by atoms with Gasteiger partial charge in [0.05, 0.1) is 12.2 Å². The van der Waals surface area contributed by atoms with E-state index in [2.05, 4.69) is 12.2 Å². The van der Waals surface area contributed by atoms with Gasteiger partial charge in [0, 0.05) is 5.56 Å². The highest BCUT2D eigenvalue weighted by Gasteiger charge is 2.14. The smallest absolute Gasteiger partial charge is 0.261 e. The van der Waals surface area contributed by atoms with E-state index in [0.717, 1.165) is 12.8 Å². The van der Waals surface area contributed by atoms with Crippen LogP contribution in [-0.2, 0) is 0 Å². The number of hydrogen-bond donors (Lipinski definition) is 2. The van der Waals surface area contributed by atoms with E-state index in [1.807, 2.05) is 0 Å². The number of imide groups is 1. The second-order valence-corrected chi connectivity index (χ2v) is 5.03. The van der Waals surface area contributed by atoms with Crippen LogP contribution in [0.5, 0.6) is 11.5 Å². The van der Waals surface area contributed by atoms with Gasteiger partial charge in [0.15, 0.2) is 0 Å². The summed E-state index contributed by atoms with van der Waals surface area (Å²) in [6.45, 7) is 2.71. The first-order chi connectivity index (χ1) is 11.1. The molecular weight excluding hydrogens is 294 g/mol. The van der Waals surface area contributed by atoms with Gasteiger partial charge in [-0.3, -0.25) is 14.9 Å². The van der Waals surface area contributed by atoms with E-state index >= 15 is 0 Å². The average Bonchev–Trinajstić information content (AvgIpc) is 2.56. The van der Waals surface area contributed by atoms with Gasteiger partial charge < -0.3 is 9.84 Å². The van der Waals surface area contributed by atoms with Crippen molar-refractivity contribution in [2.75, 3.05) is 6.61 Å². The lowest BCUT2D eigenvalue weighted by Crippen LogP contribution is -2.30. The number of unbranched alkanes of at least 4 members (excludes halogenated alkanes) is 1. The van der Waals surface area contributed by atoms with Gasteiger partial charge in [0.1, 0.15) is 11.5 Å². The number of hydrogen-bond acceptors (Lipinski definition) is 4. The van der Waals surface area contributed by atoms with E-state index in [1.165, 1.54) is 12.1 Å². The van der Waals surface area contributed by atoms with Gasteiger partial charge in [-0.2, -0.15) is 0 Å². The van der Waals surface area contributed by atoms with E-state index in [0.29, 0.717) is 17.9 Å². The Morgan fingerprint density at radius 1 is 1.04 bits per heavy atom. The topological polar surface area (TPSA) is 75.6 Å². The van der Waals surface area contributed by atoms with Crippen LogP contribution in [0.15, 0.2) is 48.5 Å². The Kier molecular flexibility index (Phi) is 5.74. The number of amides is 2. The highest BCUT2D eigenvalue weighted by atomic mass is 16.5. The van der Waals surface area contributed by atoms with Gasteiger partial charge in [0.25, 0.3) is 11.8 Å². The van der Waals surface area contributed by atoms with Crippen molar-refractivity contribution in [1.29, 1.82) is 0 Å². The molecule has 5 heteroatoms. The van der Waals surface area contributed by atoms with Crippen molar-refractivity contribution in [1.82, 2.24) is 5.32 Å². The molecule has 0 spiro atoms. The molecule has 0 saturated heterocycles. The summed E-state index contributed by atoms with van der Waals surface area (Å²) in [4.78, 5) is 24.0. The van der Waals surface area contributed by atoms with Crippen molar-refractivity contribution < 1.29 is 19.4 Å². The van der Waals surface area contributed by atoms with Crippen LogP contribution in [0.25, 0.3) is 0 Å². The highest BCUT2D eigenvalue weighted by Crippen LogP contribution is 2.16. The standard InChI is InChI=1S/C18H19NO4/c1-2-3-12-23-14-10-8-13(9-11-14)17(21)19-18(22)15-6-4-5-7-16(15)20/h4-11,20H,2-3,12H2,1H3,(H,19,21,22). The Morgan fingerprint density at radius 3 is 2.39 bits per heavy atom. The molecule has 0 aliphatic rings. The van der Waals surface area contributed by atoms with E-state index < -0.39 is 11.8 Å². The fourth-order valence-electron chi connectivity index (χ4n) is 1.95. The zero-order chi connectivity index (χ0) is 16.7. The lowest BCUT2D eigenvalue weighted by atomic mass is 10.1. The number of aromatic hydroxyl groups is 1. The van der Waals surface area contributed by atoms with E-state index in [9.17, 15) is 14.7 Å². The summed E-state index contributed by atoms with van der Waals surface area (Å²) in [6, 6.07) is 12.6. The molecule has 0 bridgehead atoms. The van der Waals surface area contributed by atoms with Gasteiger partial charge in [-0.1, -0.05) is 25.5 Å². The predicted octanol–water partition coefficient (Wildman–Crippen LogP) is 3.14. The molecule has 2 aromatic rings. The monoisotopic (exact) mass is 313 g/mol. The molecule has 120 valence electrons. The predicted molar refractivity (Wildman–Crippen MR) is 86.7 cm³/mol. The molecule has 2 aromatic carbocycles. The van der Waals surface area contributed by atoms with Crippen LogP contribution in [0, 0.1) is 0 Å². The van der Waals surface area contributed by atoms with Crippen LogP contribution in [0.3, 0.4) is 0 Å². The van der Waals surface area contributed by atoms with Crippen LogP contribution in [0.1, 0.15) is 40.5 Å². The molecule has 0 aliphatic carbocycles. The van der Waals surface area contributed by atoms with E-state index in [4.69, 9.17) is 4.74 Å². The first kappa shape index (κ1) is 16.5. The lowest BCUT2D eigenvalue weighted by molar-refractivity contribution is 0.0848. The van der Waals surface area contributed by atoms with Crippen LogP contribution in [0.2, 0.25) is 0 Å². The normalized spacial score (nSPS) is 10.1. The number of rotatable bonds is 6. The molecule has 0 radical (unpaired) electrons. The first-order valence-corrected chi connectivity index (χ1v) is 7.48. The zero-order valence-corrected chi connectivity index (χ0v) is 12.9. The van der Waals surface area contributed by atoms with Crippen molar-refractivity contribution in [3.05, 3.63) is 59.7 Å². The maximum absolute atomic E-state index is 12.1. The summed E-state index contributed by atoms with van der Waals surface area (Å²) in [5, 5.41) is 11.9. The molecule has 23 heavy (non-hydrogen) atoms. The lowest BCUT2D eigenvalue weighted by Gasteiger charge is -2.07. The van der Waals surface area contributed by atoms with Crippen molar-refractivity contribution in [2.45, 2.75) is 19.8 Å². The molecule has 0 fully saturated rings. The Morgan fingerprint density at radius 2 is 1.74 bits per heavy atom. The molecule has 0 aromatic heterocycles. The second kappa shape index (κ2) is 7.98. The van der Waals surface area contributed by atoms with Crippen molar-refractivity contribution in [3.63, 3.8) is 0 Å². The molecule has 2 rings (SSSR count). The Balaban J connectivity index is 1.98. The number of nitrogens with one attached hydrogen (secondary N) is 1. The zero-order valence-electron chi connectivity index (χ0n) is 12.9. The Bertz CT molecular complexity index is 680. The molecule has 2 amide bonds. The summed E-state index contributed by atoms with van der Waals surface area (Å²) in [5.74, 6) is -0.658. The second-order valence-electron chi connectivity index (χ2n) is 5.03.